The Kier molecular flexibility index (Phi) is 4.29. The van der Waals surface area contributed by atoms with E-state index < -0.39 is 5.91 Å². The zero-order chi connectivity index (χ0) is 14.1. The molecule has 2 aromatic carbocycles. The van der Waals surface area contributed by atoms with Gasteiger partial charge in [-0.05, 0) is 17.2 Å². The summed E-state index contributed by atoms with van der Waals surface area (Å²) in [6, 6.07) is 15.2. The minimum absolute atomic E-state index is 0. The molecule has 108 valence electrons. The number of amides is 1. The average molecular weight is 302 g/mol. The molecule has 0 aromatic heterocycles. The summed E-state index contributed by atoms with van der Waals surface area (Å²) in [5, 5.41) is 8.22. The summed E-state index contributed by atoms with van der Waals surface area (Å²) in [5.74, 6) is 0.0729. The number of carbonyl (C=O) groups excluding carboxylic acids is 1. The van der Waals surface area contributed by atoms with Crippen molar-refractivity contribution in [2.45, 2.75) is 13.1 Å². The molecule has 4 nitrogen and oxygen atoms in total. The highest BCUT2D eigenvalue weighted by atomic mass is 35.5. The molecule has 0 saturated carbocycles. The summed E-state index contributed by atoms with van der Waals surface area (Å²) in [6.07, 6.45) is 0. The third-order valence-electron chi connectivity index (χ3n) is 3.59. The van der Waals surface area contributed by atoms with Crippen molar-refractivity contribution >= 4 is 24.1 Å². The molecular formula is C16H16ClN3O. The van der Waals surface area contributed by atoms with Gasteiger partial charge in [0.15, 0.2) is 0 Å². The number of fused-ring (bicyclic) bond motifs is 1. The second-order valence-corrected chi connectivity index (χ2v) is 4.88. The van der Waals surface area contributed by atoms with Gasteiger partial charge in [0, 0.05) is 24.2 Å². The number of nitrogens with two attached hydrogens (primary N) is 1. The van der Waals surface area contributed by atoms with E-state index in [-0.39, 0.29) is 12.4 Å². The molecule has 1 heterocycles. The van der Waals surface area contributed by atoms with E-state index in [9.17, 15) is 4.79 Å². The molecule has 1 aliphatic heterocycles. The standard InChI is InChI=1S/C16H15N3O.ClH/c17-15-13-7-3-1-5-11(13)9-19(15)10-12-6-2-4-8-14(12)16(18)20;/h1-8,17H,9-10H2,(H2,18,20);1H. The lowest BCUT2D eigenvalue weighted by molar-refractivity contribution is 0.0999. The van der Waals surface area contributed by atoms with Crippen LogP contribution in [-0.2, 0) is 13.1 Å². The molecule has 1 aliphatic rings. The minimum atomic E-state index is -0.427. The molecule has 3 rings (SSSR count). The smallest absolute Gasteiger partial charge is 0.249 e. The molecule has 0 fully saturated rings. The quantitative estimate of drug-likeness (QED) is 0.914. The summed E-state index contributed by atoms with van der Waals surface area (Å²) in [4.78, 5) is 13.4. The van der Waals surface area contributed by atoms with Gasteiger partial charge in [-0.2, -0.15) is 0 Å². The second kappa shape index (κ2) is 5.97. The maximum Gasteiger partial charge on any atom is 0.249 e. The van der Waals surface area contributed by atoms with Gasteiger partial charge in [-0.15, -0.1) is 12.4 Å². The maximum atomic E-state index is 11.4. The molecule has 0 aliphatic carbocycles. The van der Waals surface area contributed by atoms with Gasteiger partial charge in [-0.25, -0.2) is 0 Å². The molecular weight excluding hydrogens is 286 g/mol. The van der Waals surface area contributed by atoms with Crippen LogP contribution in [0.5, 0.6) is 0 Å². The topological polar surface area (TPSA) is 70.2 Å². The number of hydrogen-bond donors (Lipinski definition) is 2. The number of carbonyl (C=O) groups is 1. The van der Waals surface area contributed by atoms with Crippen LogP contribution in [-0.4, -0.2) is 16.6 Å². The molecule has 0 bridgehead atoms. The van der Waals surface area contributed by atoms with Crippen molar-refractivity contribution in [1.82, 2.24) is 4.90 Å². The molecule has 0 radical (unpaired) electrons. The molecule has 0 atom stereocenters. The fourth-order valence-corrected chi connectivity index (χ4v) is 2.58. The van der Waals surface area contributed by atoms with Gasteiger partial charge in [-0.3, -0.25) is 10.2 Å². The zero-order valence-electron chi connectivity index (χ0n) is 11.4. The van der Waals surface area contributed by atoms with Crippen LogP contribution in [0.3, 0.4) is 0 Å². The monoisotopic (exact) mass is 301 g/mol. The Morgan fingerprint density at radius 3 is 2.52 bits per heavy atom. The van der Waals surface area contributed by atoms with Crippen LogP contribution in [0, 0.1) is 5.41 Å². The number of rotatable bonds is 3. The van der Waals surface area contributed by atoms with Crippen LogP contribution in [0.25, 0.3) is 0 Å². The highest BCUT2D eigenvalue weighted by molar-refractivity contribution is 6.00. The van der Waals surface area contributed by atoms with Crippen molar-refractivity contribution in [2.24, 2.45) is 5.73 Å². The largest absolute Gasteiger partial charge is 0.366 e. The summed E-state index contributed by atoms with van der Waals surface area (Å²) < 4.78 is 0. The van der Waals surface area contributed by atoms with Gasteiger partial charge in [0.2, 0.25) is 5.91 Å². The van der Waals surface area contributed by atoms with Crippen LogP contribution >= 0.6 is 12.4 Å². The predicted molar refractivity (Wildman–Crippen MR) is 84.7 cm³/mol. The van der Waals surface area contributed by atoms with E-state index in [0.29, 0.717) is 24.5 Å². The average Bonchev–Trinajstić information content (AvgIpc) is 2.76. The van der Waals surface area contributed by atoms with Crippen LogP contribution in [0.4, 0.5) is 0 Å². The van der Waals surface area contributed by atoms with Crippen LogP contribution < -0.4 is 5.73 Å². The van der Waals surface area contributed by atoms with E-state index in [2.05, 4.69) is 0 Å². The Labute approximate surface area is 129 Å². The van der Waals surface area contributed by atoms with Crippen molar-refractivity contribution < 1.29 is 4.79 Å². The molecule has 21 heavy (non-hydrogen) atoms. The lowest BCUT2D eigenvalue weighted by Gasteiger charge is -2.19. The van der Waals surface area contributed by atoms with Gasteiger partial charge in [-0.1, -0.05) is 42.5 Å². The number of hydrogen-bond acceptors (Lipinski definition) is 2. The van der Waals surface area contributed by atoms with Crippen molar-refractivity contribution in [2.75, 3.05) is 0 Å². The number of primary amides is 1. The first-order valence-corrected chi connectivity index (χ1v) is 6.46. The van der Waals surface area contributed by atoms with Crippen LogP contribution in [0.15, 0.2) is 48.5 Å². The number of amidine groups is 1. The van der Waals surface area contributed by atoms with Crippen molar-refractivity contribution in [3.63, 3.8) is 0 Å². The highest BCUT2D eigenvalue weighted by Crippen LogP contribution is 2.24. The van der Waals surface area contributed by atoms with E-state index in [1.807, 2.05) is 41.3 Å². The molecule has 0 unspecified atom stereocenters. The Bertz CT molecular complexity index is 699. The Balaban J connectivity index is 0.00000161. The van der Waals surface area contributed by atoms with Gasteiger partial charge < -0.3 is 10.6 Å². The fourth-order valence-electron chi connectivity index (χ4n) is 2.58. The molecule has 1 amide bonds. The lowest BCUT2D eigenvalue weighted by atomic mass is 10.1. The van der Waals surface area contributed by atoms with Crippen LogP contribution in [0.2, 0.25) is 0 Å². The molecule has 0 spiro atoms. The first kappa shape index (κ1) is 15.1. The molecule has 2 aromatic rings. The van der Waals surface area contributed by atoms with E-state index in [0.717, 1.165) is 16.7 Å². The number of nitrogens with zero attached hydrogens (tertiary/aromatic N) is 1. The second-order valence-electron chi connectivity index (χ2n) is 4.88. The summed E-state index contributed by atoms with van der Waals surface area (Å²) in [7, 11) is 0. The van der Waals surface area contributed by atoms with Gasteiger partial charge >= 0.3 is 0 Å². The lowest BCUT2D eigenvalue weighted by Crippen LogP contribution is -2.25. The summed E-state index contributed by atoms with van der Waals surface area (Å²) in [5.41, 5.74) is 8.89. The minimum Gasteiger partial charge on any atom is -0.366 e. The first-order valence-electron chi connectivity index (χ1n) is 6.46. The van der Waals surface area contributed by atoms with Crippen molar-refractivity contribution in [3.05, 3.63) is 70.8 Å². The Morgan fingerprint density at radius 2 is 1.81 bits per heavy atom. The van der Waals surface area contributed by atoms with Crippen molar-refractivity contribution in [1.29, 1.82) is 5.41 Å². The van der Waals surface area contributed by atoms with E-state index in [4.69, 9.17) is 11.1 Å². The molecule has 3 N–H and O–H groups in total. The van der Waals surface area contributed by atoms with Crippen molar-refractivity contribution in [3.8, 4) is 0 Å². The number of nitrogens with one attached hydrogen (secondary N) is 1. The van der Waals surface area contributed by atoms with Gasteiger partial charge in [0.25, 0.3) is 0 Å². The summed E-state index contributed by atoms with van der Waals surface area (Å²) >= 11 is 0. The summed E-state index contributed by atoms with van der Waals surface area (Å²) in [6.45, 7) is 1.22. The van der Waals surface area contributed by atoms with Crippen LogP contribution in [0.1, 0.15) is 27.0 Å². The third-order valence-corrected chi connectivity index (χ3v) is 3.59. The third kappa shape index (κ3) is 2.76. The predicted octanol–water partition coefficient (Wildman–Crippen LogP) is 2.55. The normalized spacial score (nSPS) is 12.8. The van der Waals surface area contributed by atoms with E-state index >= 15 is 0 Å². The van der Waals surface area contributed by atoms with E-state index in [1.165, 1.54) is 0 Å². The maximum absolute atomic E-state index is 11.4. The zero-order valence-corrected chi connectivity index (χ0v) is 12.2. The number of halogens is 1. The molecule has 5 heteroatoms. The van der Waals surface area contributed by atoms with Gasteiger partial charge in [0.1, 0.15) is 5.84 Å². The molecule has 0 saturated heterocycles. The fraction of sp³-hybridized carbons (Fsp3) is 0.125. The van der Waals surface area contributed by atoms with E-state index in [1.54, 1.807) is 12.1 Å². The SMILES string of the molecule is Cl.N=C1c2ccccc2CN1Cc1ccccc1C(N)=O. The Morgan fingerprint density at radius 1 is 1.14 bits per heavy atom. The highest BCUT2D eigenvalue weighted by Gasteiger charge is 2.24. The van der Waals surface area contributed by atoms with Gasteiger partial charge in [0.05, 0.1) is 0 Å². The first-order chi connectivity index (χ1) is 9.66. The Hall–Kier alpha value is -2.33. The number of benzene rings is 2.